The topological polar surface area (TPSA) is 39.4 Å². The summed E-state index contributed by atoms with van der Waals surface area (Å²) in [5, 5.41) is 1.39. The van der Waals surface area contributed by atoms with Crippen LogP contribution < -0.4 is 10.4 Å². The molecule has 0 unspecified atom stereocenters. The molecule has 0 saturated heterocycles. The zero-order valence-corrected chi connectivity index (χ0v) is 14.8. The summed E-state index contributed by atoms with van der Waals surface area (Å²) in [5.41, 5.74) is 3.14. The summed E-state index contributed by atoms with van der Waals surface area (Å²) in [4.78, 5) is 12.8. The molecule has 0 aliphatic carbocycles. The van der Waals surface area contributed by atoms with Crippen LogP contribution in [0.15, 0.2) is 82.0 Å². The van der Waals surface area contributed by atoms with E-state index in [1.807, 2.05) is 60.7 Å². The minimum Gasteiger partial charge on any atom is -0.497 e. The Morgan fingerprint density at radius 3 is 2.23 bits per heavy atom. The van der Waals surface area contributed by atoms with Crippen molar-refractivity contribution in [1.29, 1.82) is 0 Å². The molecule has 3 aromatic carbocycles. The maximum atomic E-state index is 12.8. The van der Waals surface area contributed by atoms with E-state index >= 15 is 0 Å². The van der Waals surface area contributed by atoms with E-state index in [2.05, 4.69) is 0 Å². The summed E-state index contributed by atoms with van der Waals surface area (Å²) in [6.07, 6.45) is 0. The number of hydrogen-bond acceptors (Lipinski definition) is 3. The molecule has 4 rings (SSSR count). The number of fused-ring (bicyclic) bond motifs is 1. The summed E-state index contributed by atoms with van der Waals surface area (Å²) in [6.45, 7) is 0. The molecule has 4 aromatic rings. The Balaban J connectivity index is 2.11. The fourth-order valence-corrected chi connectivity index (χ4v) is 3.27. The lowest BCUT2D eigenvalue weighted by molar-refractivity contribution is 0.415. The average Bonchev–Trinajstić information content (AvgIpc) is 2.68. The van der Waals surface area contributed by atoms with Gasteiger partial charge in [0.15, 0.2) is 0 Å². The Labute approximate surface area is 155 Å². The van der Waals surface area contributed by atoms with Gasteiger partial charge >= 0.3 is 5.63 Å². The van der Waals surface area contributed by atoms with Crippen LogP contribution in [0.5, 0.6) is 5.75 Å². The van der Waals surface area contributed by atoms with Gasteiger partial charge in [0.05, 0.1) is 12.7 Å². The Morgan fingerprint density at radius 2 is 1.54 bits per heavy atom. The molecule has 0 saturated carbocycles. The van der Waals surface area contributed by atoms with Crippen molar-refractivity contribution in [3.63, 3.8) is 0 Å². The maximum absolute atomic E-state index is 12.8. The highest BCUT2D eigenvalue weighted by atomic mass is 35.5. The van der Waals surface area contributed by atoms with Gasteiger partial charge in [-0.3, -0.25) is 0 Å². The van der Waals surface area contributed by atoms with Gasteiger partial charge in [0.1, 0.15) is 11.3 Å². The van der Waals surface area contributed by atoms with Gasteiger partial charge < -0.3 is 9.15 Å². The zero-order chi connectivity index (χ0) is 18.1. The Morgan fingerprint density at radius 1 is 0.846 bits per heavy atom. The molecule has 0 atom stereocenters. The van der Waals surface area contributed by atoms with Crippen LogP contribution in [0, 0.1) is 0 Å². The first kappa shape index (κ1) is 16.4. The van der Waals surface area contributed by atoms with Gasteiger partial charge in [0.25, 0.3) is 0 Å². The van der Waals surface area contributed by atoms with Gasteiger partial charge in [-0.1, -0.05) is 54.1 Å². The van der Waals surface area contributed by atoms with E-state index in [4.69, 9.17) is 20.8 Å². The van der Waals surface area contributed by atoms with Crippen molar-refractivity contribution >= 4 is 22.6 Å². The molecule has 4 heteroatoms. The normalized spacial score (nSPS) is 10.8. The minimum atomic E-state index is -0.385. The Hall–Kier alpha value is -3.04. The Bertz CT molecular complexity index is 1130. The molecule has 3 nitrogen and oxygen atoms in total. The zero-order valence-electron chi connectivity index (χ0n) is 14.0. The van der Waals surface area contributed by atoms with Crippen LogP contribution in [0.1, 0.15) is 0 Å². The lowest BCUT2D eigenvalue weighted by Gasteiger charge is -2.13. The van der Waals surface area contributed by atoms with Crippen molar-refractivity contribution in [3.8, 4) is 28.0 Å². The van der Waals surface area contributed by atoms with Crippen molar-refractivity contribution < 1.29 is 9.15 Å². The largest absolute Gasteiger partial charge is 0.497 e. The highest BCUT2D eigenvalue weighted by molar-refractivity contribution is 6.31. The molecule has 128 valence electrons. The third-order valence-electron chi connectivity index (χ3n) is 4.31. The summed E-state index contributed by atoms with van der Waals surface area (Å²) in [6, 6.07) is 22.4. The van der Waals surface area contributed by atoms with Crippen molar-refractivity contribution in [1.82, 2.24) is 0 Å². The standard InChI is InChI=1S/C22H15ClO3/c1-25-17-10-7-15(8-11-17)21-20(14-5-3-2-4-6-14)18-13-16(23)9-12-19(18)26-22(21)24/h2-13H,1H3. The van der Waals surface area contributed by atoms with E-state index in [-0.39, 0.29) is 5.63 Å². The van der Waals surface area contributed by atoms with E-state index < -0.39 is 0 Å². The first-order valence-corrected chi connectivity index (χ1v) is 8.51. The SMILES string of the molecule is COc1ccc(-c2c(-c3ccccc3)c3cc(Cl)ccc3oc2=O)cc1. The second-order valence-electron chi connectivity index (χ2n) is 5.87. The molecule has 0 amide bonds. The van der Waals surface area contributed by atoms with Crippen LogP contribution in [0.4, 0.5) is 0 Å². The molecule has 0 bridgehead atoms. The lowest BCUT2D eigenvalue weighted by atomic mass is 9.93. The Kier molecular flexibility index (Phi) is 4.23. The van der Waals surface area contributed by atoms with Crippen LogP contribution in [0.3, 0.4) is 0 Å². The molecule has 0 aliphatic rings. The van der Waals surface area contributed by atoms with Crippen LogP contribution >= 0.6 is 11.6 Å². The first-order valence-electron chi connectivity index (χ1n) is 8.13. The number of hydrogen-bond donors (Lipinski definition) is 0. The van der Waals surface area contributed by atoms with Crippen molar-refractivity contribution in [3.05, 3.63) is 88.2 Å². The summed E-state index contributed by atoms with van der Waals surface area (Å²) >= 11 is 6.22. The van der Waals surface area contributed by atoms with E-state index in [1.54, 1.807) is 19.2 Å². The molecular formula is C22H15ClO3. The predicted molar refractivity (Wildman–Crippen MR) is 105 cm³/mol. The van der Waals surface area contributed by atoms with E-state index in [1.165, 1.54) is 0 Å². The predicted octanol–water partition coefficient (Wildman–Crippen LogP) is 5.79. The van der Waals surface area contributed by atoms with Crippen LogP contribution in [-0.2, 0) is 0 Å². The smallest absolute Gasteiger partial charge is 0.344 e. The van der Waals surface area contributed by atoms with Crippen molar-refractivity contribution in [2.24, 2.45) is 0 Å². The molecule has 0 aliphatic heterocycles. The number of ether oxygens (including phenoxy) is 1. The molecule has 1 aromatic heterocycles. The van der Waals surface area contributed by atoms with Gasteiger partial charge in [-0.2, -0.15) is 0 Å². The second kappa shape index (κ2) is 6.70. The van der Waals surface area contributed by atoms with Gasteiger partial charge in [-0.05, 0) is 41.5 Å². The summed E-state index contributed by atoms with van der Waals surface area (Å²) < 4.78 is 10.8. The maximum Gasteiger partial charge on any atom is 0.344 e. The van der Waals surface area contributed by atoms with Crippen LogP contribution in [-0.4, -0.2) is 7.11 Å². The molecule has 0 radical (unpaired) electrons. The number of benzene rings is 3. The van der Waals surface area contributed by atoms with Gasteiger partial charge in [-0.15, -0.1) is 0 Å². The van der Waals surface area contributed by atoms with Gasteiger partial charge in [0.2, 0.25) is 0 Å². The van der Waals surface area contributed by atoms with E-state index in [9.17, 15) is 4.79 Å². The van der Waals surface area contributed by atoms with E-state index in [0.717, 1.165) is 27.8 Å². The molecular weight excluding hydrogens is 348 g/mol. The monoisotopic (exact) mass is 362 g/mol. The summed E-state index contributed by atoms with van der Waals surface area (Å²) in [5.74, 6) is 0.725. The number of halogens is 1. The van der Waals surface area contributed by atoms with Gasteiger partial charge in [-0.25, -0.2) is 4.79 Å². The fourth-order valence-electron chi connectivity index (χ4n) is 3.10. The molecule has 0 N–H and O–H groups in total. The lowest BCUT2D eigenvalue weighted by Crippen LogP contribution is -2.06. The minimum absolute atomic E-state index is 0.385. The summed E-state index contributed by atoms with van der Waals surface area (Å²) in [7, 11) is 1.61. The van der Waals surface area contributed by atoms with Gasteiger partial charge in [0, 0.05) is 16.0 Å². The highest BCUT2D eigenvalue weighted by Crippen LogP contribution is 2.37. The van der Waals surface area contributed by atoms with Crippen molar-refractivity contribution in [2.75, 3.05) is 7.11 Å². The molecule has 0 fully saturated rings. The second-order valence-corrected chi connectivity index (χ2v) is 6.31. The third-order valence-corrected chi connectivity index (χ3v) is 4.54. The molecule has 1 heterocycles. The molecule has 0 spiro atoms. The van der Waals surface area contributed by atoms with Crippen molar-refractivity contribution in [2.45, 2.75) is 0 Å². The molecule has 26 heavy (non-hydrogen) atoms. The van der Waals surface area contributed by atoms with E-state index in [0.29, 0.717) is 16.2 Å². The highest BCUT2D eigenvalue weighted by Gasteiger charge is 2.18. The first-order chi connectivity index (χ1) is 12.7. The number of methoxy groups -OCH3 is 1. The quantitative estimate of drug-likeness (QED) is 0.433. The van der Waals surface area contributed by atoms with Crippen LogP contribution in [0.25, 0.3) is 33.2 Å². The fraction of sp³-hybridized carbons (Fsp3) is 0.0455. The average molecular weight is 363 g/mol. The van der Waals surface area contributed by atoms with Crippen LogP contribution in [0.2, 0.25) is 5.02 Å². The number of rotatable bonds is 3. The third kappa shape index (κ3) is 2.87.